The summed E-state index contributed by atoms with van der Waals surface area (Å²) >= 11 is 0. The summed E-state index contributed by atoms with van der Waals surface area (Å²) < 4.78 is 43.9. The molecule has 5 aliphatic rings. The standard InChI is InChI=1S/C44H54N2O7/c1-8-32-15-18-45(3)37-22-29-9-12-33(13-10-29)53-40-24-30(11-14-39(40)47-5)23-38-41-34(16-19-46(38)4)36(27-51-26-31-17-20-50-25-31)42(48-6)44(49-7)43(41)52-28(2)21-35(32)37/h8-14,21,24,31,37-38H,1,15-20,22-23,25-27H2,2-7H3/b28-21+/t31?,37-,38-/m0/s1. The van der Waals surface area contributed by atoms with Gasteiger partial charge in [-0.2, -0.15) is 0 Å². The maximum absolute atomic E-state index is 7.07. The fourth-order valence-corrected chi connectivity index (χ4v) is 8.38. The van der Waals surface area contributed by atoms with E-state index >= 15 is 0 Å². The summed E-state index contributed by atoms with van der Waals surface area (Å²) in [4.78, 5) is 4.83. The summed E-state index contributed by atoms with van der Waals surface area (Å²) in [6.45, 7) is 10.6. The summed E-state index contributed by atoms with van der Waals surface area (Å²) in [6.07, 6.45) is 8.49. The smallest absolute Gasteiger partial charge is 0.204 e. The zero-order valence-electron chi connectivity index (χ0n) is 32.2. The number of hydrogen-bond donors (Lipinski definition) is 0. The molecule has 0 amide bonds. The van der Waals surface area contributed by atoms with Crippen LogP contribution in [0.3, 0.4) is 0 Å². The molecule has 0 N–H and O–H groups in total. The van der Waals surface area contributed by atoms with Crippen LogP contribution in [0.2, 0.25) is 0 Å². The highest BCUT2D eigenvalue weighted by atomic mass is 16.5. The van der Waals surface area contributed by atoms with Crippen LogP contribution in [0.1, 0.15) is 53.6 Å². The van der Waals surface area contributed by atoms with Gasteiger partial charge in [0.25, 0.3) is 0 Å². The summed E-state index contributed by atoms with van der Waals surface area (Å²) in [5.41, 5.74) is 8.08. The zero-order chi connectivity index (χ0) is 37.1. The quantitative estimate of drug-likeness (QED) is 0.231. The van der Waals surface area contributed by atoms with Gasteiger partial charge in [-0.3, -0.25) is 9.80 Å². The van der Waals surface area contributed by atoms with Crippen LogP contribution in [0.4, 0.5) is 0 Å². The van der Waals surface area contributed by atoms with Gasteiger partial charge < -0.3 is 33.2 Å². The van der Waals surface area contributed by atoms with Gasteiger partial charge in [0.15, 0.2) is 23.0 Å². The molecule has 9 nitrogen and oxygen atoms in total. The van der Waals surface area contributed by atoms with Crippen molar-refractivity contribution in [2.45, 2.75) is 57.7 Å². The Morgan fingerprint density at radius 3 is 2.32 bits per heavy atom. The molecule has 3 atom stereocenters. The number of rotatable bonds is 8. The number of hydrogen-bond acceptors (Lipinski definition) is 9. The predicted molar refractivity (Wildman–Crippen MR) is 207 cm³/mol. The second-order valence-corrected chi connectivity index (χ2v) is 14.7. The second-order valence-electron chi connectivity index (χ2n) is 14.7. The van der Waals surface area contributed by atoms with E-state index in [0.717, 1.165) is 80.2 Å². The van der Waals surface area contributed by atoms with Gasteiger partial charge in [-0.15, -0.1) is 0 Å². The van der Waals surface area contributed by atoms with Gasteiger partial charge in [-0.25, -0.2) is 0 Å². The zero-order valence-corrected chi connectivity index (χ0v) is 32.2. The van der Waals surface area contributed by atoms with Gasteiger partial charge in [0, 0.05) is 48.8 Å². The van der Waals surface area contributed by atoms with Crippen molar-refractivity contribution in [3.63, 3.8) is 0 Å². The van der Waals surface area contributed by atoms with Crippen LogP contribution >= 0.6 is 0 Å². The average Bonchev–Trinajstić information content (AvgIpc) is 3.69. The molecule has 1 unspecified atom stereocenters. The molecule has 4 bridgehead atoms. The maximum Gasteiger partial charge on any atom is 0.204 e. The lowest BCUT2D eigenvalue weighted by atomic mass is 9.84. The van der Waals surface area contributed by atoms with Gasteiger partial charge >= 0.3 is 0 Å². The average molecular weight is 723 g/mol. The fraction of sp³-hybridized carbons (Fsp3) is 0.455. The van der Waals surface area contributed by atoms with Crippen molar-refractivity contribution in [1.82, 2.24) is 9.80 Å². The second kappa shape index (κ2) is 16.4. The summed E-state index contributed by atoms with van der Waals surface area (Å²) in [7, 11) is 9.46. The van der Waals surface area contributed by atoms with E-state index in [-0.39, 0.29) is 12.1 Å². The monoisotopic (exact) mass is 722 g/mol. The predicted octanol–water partition coefficient (Wildman–Crippen LogP) is 7.85. The van der Waals surface area contributed by atoms with Crippen molar-refractivity contribution < 1.29 is 33.2 Å². The molecule has 0 aromatic heterocycles. The Morgan fingerprint density at radius 1 is 0.868 bits per heavy atom. The number of methoxy groups -OCH3 is 3. The fourth-order valence-electron chi connectivity index (χ4n) is 8.38. The molecule has 5 aliphatic heterocycles. The van der Waals surface area contributed by atoms with Crippen LogP contribution in [0.5, 0.6) is 34.5 Å². The highest BCUT2D eigenvalue weighted by molar-refractivity contribution is 5.66. The van der Waals surface area contributed by atoms with E-state index in [1.165, 1.54) is 22.3 Å². The molecular weight excluding hydrogens is 668 g/mol. The molecule has 0 radical (unpaired) electrons. The van der Waals surface area contributed by atoms with Crippen molar-refractivity contribution in [3.05, 3.63) is 106 Å². The van der Waals surface area contributed by atoms with E-state index in [1.807, 2.05) is 19.1 Å². The number of likely N-dealkylation sites (N-methyl/N-ethyl adjacent to an activating group) is 2. The lowest BCUT2D eigenvalue weighted by Gasteiger charge is -2.38. The maximum atomic E-state index is 7.07. The molecule has 282 valence electrons. The third-order valence-corrected chi connectivity index (χ3v) is 11.3. The van der Waals surface area contributed by atoms with E-state index < -0.39 is 0 Å². The van der Waals surface area contributed by atoms with Crippen LogP contribution in [0, 0.1) is 5.92 Å². The highest BCUT2D eigenvalue weighted by Crippen LogP contribution is 2.52. The van der Waals surface area contributed by atoms with Crippen molar-refractivity contribution >= 4 is 0 Å². The highest BCUT2D eigenvalue weighted by Gasteiger charge is 2.37. The molecule has 1 saturated heterocycles. The number of ether oxygens (including phenoxy) is 7. The largest absolute Gasteiger partial charge is 0.493 e. The van der Waals surface area contributed by atoms with Crippen molar-refractivity contribution in [1.29, 1.82) is 0 Å². The van der Waals surface area contributed by atoms with Crippen LogP contribution in [-0.4, -0.2) is 84.2 Å². The molecule has 0 aliphatic carbocycles. The Morgan fingerprint density at radius 2 is 1.60 bits per heavy atom. The Balaban J connectivity index is 1.41. The molecular formula is C44H54N2O7. The van der Waals surface area contributed by atoms with Crippen molar-refractivity contribution in [2.24, 2.45) is 5.92 Å². The first-order valence-electron chi connectivity index (χ1n) is 18.8. The Kier molecular flexibility index (Phi) is 11.5. The number of nitrogens with zero attached hydrogens (tertiary/aromatic N) is 2. The number of allylic oxidation sites excluding steroid dienone is 2. The molecule has 3 aromatic rings. The van der Waals surface area contributed by atoms with Gasteiger partial charge in [-0.05, 0) is 111 Å². The van der Waals surface area contributed by atoms with E-state index in [0.29, 0.717) is 54.3 Å². The van der Waals surface area contributed by atoms with Crippen LogP contribution < -0.4 is 23.7 Å². The molecule has 3 aromatic carbocycles. The Bertz CT molecular complexity index is 1860. The molecule has 0 saturated carbocycles. The third kappa shape index (κ3) is 7.71. The van der Waals surface area contributed by atoms with Gasteiger partial charge in [0.1, 0.15) is 11.5 Å². The van der Waals surface area contributed by atoms with Gasteiger partial charge in [-0.1, -0.05) is 30.9 Å². The summed E-state index contributed by atoms with van der Waals surface area (Å²) in [5, 5.41) is 0. The Labute approximate surface area is 314 Å². The van der Waals surface area contributed by atoms with Gasteiger partial charge in [0.05, 0.1) is 41.2 Å². The first kappa shape index (κ1) is 37.1. The van der Waals surface area contributed by atoms with Gasteiger partial charge in [0.2, 0.25) is 5.75 Å². The molecule has 9 heteroatoms. The minimum atomic E-state index is -0.0423. The summed E-state index contributed by atoms with van der Waals surface area (Å²) in [5.74, 6) is 5.21. The van der Waals surface area contributed by atoms with Crippen molar-refractivity contribution in [3.8, 4) is 34.5 Å². The van der Waals surface area contributed by atoms with E-state index in [9.17, 15) is 0 Å². The number of fused-ring (bicyclic) bond motifs is 3. The van der Waals surface area contributed by atoms with Crippen LogP contribution in [0.15, 0.2) is 78.1 Å². The lowest BCUT2D eigenvalue weighted by molar-refractivity contribution is 0.0767. The number of benzene rings is 3. The Hall–Kier alpha value is -4.28. The molecule has 1 fully saturated rings. The molecule has 5 heterocycles. The molecule has 8 rings (SSSR count). The van der Waals surface area contributed by atoms with Crippen LogP contribution in [0.25, 0.3) is 0 Å². The van der Waals surface area contributed by atoms with E-state index in [1.54, 1.807) is 21.3 Å². The van der Waals surface area contributed by atoms with Crippen molar-refractivity contribution in [2.75, 3.05) is 68.3 Å². The van der Waals surface area contributed by atoms with E-state index in [4.69, 9.17) is 33.2 Å². The summed E-state index contributed by atoms with van der Waals surface area (Å²) in [6, 6.07) is 14.7. The molecule has 53 heavy (non-hydrogen) atoms. The lowest BCUT2D eigenvalue weighted by Crippen LogP contribution is -2.39. The first-order valence-corrected chi connectivity index (χ1v) is 18.8. The normalized spacial score (nSPS) is 23.1. The third-order valence-electron chi connectivity index (χ3n) is 11.3. The van der Waals surface area contributed by atoms with E-state index in [2.05, 4.69) is 72.9 Å². The topological polar surface area (TPSA) is 71.1 Å². The first-order chi connectivity index (χ1) is 25.8. The minimum Gasteiger partial charge on any atom is -0.493 e. The SMILES string of the molecule is C=CC1=C2/C=C(\C)Oc3c(OC)c(OC)c(COCC4CCOC4)c4c3[C@H](Cc3ccc(OC)c(c3)Oc3ccc(cc3)C[C@@H]2N(C)CC1)N(C)CC4. The minimum absolute atomic E-state index is 0.0423. The van der Waals surface area contributed by atoms with Crippen LogP contribution in [-0.2, 0) is 35.3 Å². The molecule has 0 spiro atoms.